The van der Waals surface area contributed by atoms with Gasteiger partial charge in [0.15, 0.2) is 0 Å². The fraction of sp³-hybridized carbons (Fsp3) is 0.846. The minimum absolute atomic E-state index is 0.0818. The first-order valence-electron chi connectivity index (χ1n) is 6.75. The largest absolute Gasteiger partial charge is 0.481 e. The summed E-state index contributed by atoms with van der Waals surface area (Å²) in [4.78, 5) is 22.5. The van der Waals surface area contributed by atoms with Crippen LogP contribution in [0, 0.1) is 17.8 Å². The highest BCUT2D eigenvalue weighted by Gasteiger charge is 2.32. The van der Waals surface area contributed by atoms with Gasteiger partial charge < -0.3 is 15.7 Å². The highest BCUT2D eigenvalue weighted by atomic mass is 16.4. The molecule has 1 aliphatic rings. The second kappa shape index (κ2) is 7.24. The van der Waals surface area contributed by atoms with Crippen molar-refractivity contribution in [3.63, 3.8) is 0 Å². The maximum atomic E-state index is 11.5. The maximum Gasteiger partial charge on any atom is 0.314 e. The molecule has 104 valence electrons. The van der Waals surface area contributed by atoms with E-state index in [9.17, 15) is 9.59 Å². The predicted molar refractivity (Wildman–Crippen MR) is 69.3 cm³/mol. The van der Waals surface area contributed by atoms with Crippen molar-refractivity contribution in [2.75, 3.05) is 13.1 Å². The number of aliphatic carboxylic acids is 1. The van der Waals surface area contributed by atoms with Crippen LogP contribution in [0.1, 0.15) is 39.5 Å². The van der Waals surface area contributed by atoms with Gasteiger partial charge in [0.05, 0.1) is 5.92 Å². The fourth-order valence-electron chi connectivity index (χ4n) is 2.37. The number of amides is 2. The van der Waals surface area contributed by atoms with Crippen LogP contribution >= 0.6 is 0 Å². The number of carbonyl (C=O) groups is 2. The van der Waals surface area contributed by atoms with Crippen LogP contribution < -0.4 is 10.6 Å². The third kappa shape index (κ3) is 4.94. The van der Waals surface area contributed by atoms with E-state index in [-0.39, 0.29) is 17.9 Å². The number of carboxylic acid groups (broad SMARTS) is 1. The summed E-state index contributed by atoms with van der Waals surface area (Å²) < 4.78 is 0. The third-order valence-electron chi connectivity index (χ3n) is 3.51. The Labute approximate surface area is 108 Å². The van der Waals surface area contributed by atoms with E-state index in [1.807, 2.05) is 0 Å². The first-order chi connectivity index (χ1) is 8.50. The molecule has 0 aromatic heterocycles. The van der Waals surface area contributed by atoms with Crippen molar-refractivity contribution in [3.05, 3.63) is 0 Å². The second-order valence-electron chi connectivity index (χ2n) is 5.46. The van der Waals surface area contributed by atoms with Gasteiger partial charge in [-0.15, -0.1) is 0 Å². The van der Waals surface area contributed by atoms with E-state index in [2.05, 4.69) is 24.5 Å². The van der Waals surface area contributed by atoms with Gasteiger partial charge in [-0.3, -0.25) is 4.79 Å². The summed E-state index contributed by atoms with van der Waals surface area (Å²) in [6.07, 6.45) is 3.52. The van der Waals surface area contributed by atoms with Gasteiger partial charge in [0.2, 0.25) is 0 Å². The molecule has 2 unspecified atom stereocenters. The average Bonchev–Trinajstić information content (AvgIpc) is 2.74. The molecule has 0 saturated heterocycles. The molecule has 3 N–H and O–H groups in total. The topological polar surface area (TPSA) is 78.4 Å². The Morgan fingerprint density at radius 1 is 1.28 bits per heavy atom. The van der Waals surface area contributed by atoms with Gasteiger partial charge >= 0.3 is 12.0 Å². The standard InChI is InChI=1S/C13H24N2O3/c1-9(2)6-7-14-13(18)15-8-10-4-3-5-11(10)12(16)17/h9-11H,3-8H2,1-2H3,(H,16,17)(H2,14,15,18). The van der Waals surface area contributed by atoms with E-state index in [0.717, 1.165) is 25.7 Å². The van der Waals surface area contributed by atoms with E-state index >= 15 is 0 Å². The second-order valence-corrected chi connectivity index (χ2v) is 5.46. The molecule has 5 nitrogen and oxygen atoms in total. The average molecular weight is 256 g/mol. The molecule has 1 fully saturated rings. The lowest BCUT2D eigenvalue weighted by molar-refractivity contribution is -0.142. The summed E-state index contributed by atoms with van der Waals surface area (Å²) in [5.74, 6) is -0.379. The molecule has 0 radical (unpaired) electrons. The smallest absolute Gasteiger partial charge is 0.314 e. The Bertz CT molecular complexity index is 292. The van der Waals surface area contributed by atoms with E-state index < -0.39 is 5.97 Å². The van der Waals surface area contributed by atoms with Crippen molar-refractivity contribution in [3.8, 4) is 0 Å². The number of hydrogen-bond donors (Lipinski definition) is 3. The molecule has 0 aromatic carbocycles. The summed E-state index contributed by atoms with van der Waals surface area (Å²) in [5.41, 5.74) is 0. The zero-order chi connectivity index (χ0) is 13.5. The van der Waals surface area contributed by atoms with Crippen LogP contribution in [-0.4, -0.2) is 30.2 Å². The number of nitrogens with one attached hydrogen (secondary N) is 2. The normalized spacial score (nSPS) is 23.1. The van der Waals surface area contributed by atoms with Crippen LogP contribution in [0.3, 0.4) is 0 Å². The number of rotatable bonds is 6. The van der Waals surface area contributed by atoms with Crippen LogP contribution in [0.15, 0.2) is 0 Å². The fourth-order valence-corrected chi connectivity index (χ4v) is 2.37. The van der Waals surface area contributed by atoms with Gasteiger partial charge in [-0.2, -0.15) is 0 Å². The van der Waals surface area contributed by atoms with Gasteiger partial charge in [0.1, 0.15) is 0 Å². The Morgan fingerprint density at radius 2 is 2.00 bits per heavy atom. The summed E-state index contributed by atoms with van der Waals surface area (Å²) in [5, 5.41) is 14.6. The van der Waals surface area contributed by atoms with Gasteiger partial charge in [0.25, 0.3) is 0 Å². The number of carbonyl (C=O) groups excluding carboxylic acids is 1. The molecule has 18 heavy (non-hydrogen) atoms. The van der Waals surface area contributed by atoms with E-state index in [0.29, 0.717) is 19.0 Å². The molecule has 0 aromatic rings. The molecular weight excluding hydrogens is 232 g/mol. The lowest BCUT2D eigenvalue weighted by Gasteiger charge is -2.16. The minimum Gasteiger partial charge on any atom is -0.481 e. The predicted octanol–water partition coefficient (Wildman–Crippen LogP) is 1.83. The molecule has 1 rings (SSSR count). The zero-order valence-electron chi connectivity index (χ0n) is 11.2. The Kier molecular flexibility index (Phi) is 5.95. The monoisotopic (exact) mass is 256 g/mol. The molecule has 2 atom stereocenters. The molecule has 0 aliphatic heterocycles. The lowest BCUT2D eigenvalue weighted by Crippen LogP contribution is -2.40. The molecule has 5 heteroatoms. The molecule has 2 amide bonds. The van der Waals surface area contributed by atoms with Crippen molar-refractivity contribution in [2.45, 2.75) is 39.5 Å². The Balaban J connectivity index is 2.19. The van der Waals surface area contributed by atoms with Crippen molar-refractivity contribution < 1.29 is 14.7 Å². The summed E-state index contributed by atoms with van der Waals surface area (Å²) in [6, 6.07) is -0.188. The Morgan fingerprint density at radius 3 is 2.61 bits per heavy atom. The van der Waals surface area contributed by atoms with Crippen LogP contribution in [-0.2, 0) is 4.79 Å². The van der Waals surface area contributed by atoms with Crippen molar-refractivity contribution in [1.29, 1.82) is 0 Å². The molecule has 1 aliphatic carbocycles. The molecule has 1 saturated carbocycles. The molecule has 0 bridgehead atoms. The Hall–Kier alpha value is -1.26. The molecule has 0 heterocycles. The first-order valence-corrected chi connectivity index (χ1v) is 6.75. The molecular formula is C13H24N2O3. The molecule has 0 spiro atoms. The number of urea groups is 1. The van der Waals surface area contributed by atoms with Gasteiger partial charge in [0, 0.05) is 13.1 Å². The summed E-state index contributed by atoms with van der Waals surface area (Å²) >= 11 is 0. The quantitative estimate of drug-likeness (QED) is 0.678. The highest BCUT2D eigenvalue weighted by Crippen LogP contribution is 2.31. The van der Waals surface area contributed by atoms with Crippen molar-refractivity contribution in [1.82, 2.24) is 10.6 Å². The maximum absolute atomic E-state index is 11.5. The van der Waals surface area contributed by atoms with E-state index in [1.165, 1.54) is 0 Å². The van der Waals surface area contributed by atoms with Gasteiger partial charge in [-0.05, 0) is 31.1 Å². The highest BCUT2D eigenvalue weighted by molar-refractivity contribution is 5.74. The van der Waals surface area contributed by atoms with Gasteiger partial charge in [-0.25, -0.2) is 4.79 Å². The van der Waals surface area contributed by atoms with Crippen molar-refractivity contribution in [2.24, 2.45) is 17.8 Å². The van der Waals surface area contributed by atoms with Crippen LogP contribution in [0.4, 0.5) is 4.79 Å². The lowest BCUT2D eigenvalue weighted by atomic mass is 9.96. The number of hydrogen-bond acceptors (Lipinski definition) is 2. The first kappa shape index (κ1) is 14.8. The minimum atomic E-state index is -0.737. The van der Waals surface area contributed by atoms with Gasteiger partial charge in [-0.1, -0.05) is 20.3 Å². The van der Waals surface area contributed by atoms with Crippen LogP contribution in [0.25, 0.3) is 0 Å². The van der Waals surface area contributed by atoms with Crippen molar-refractivity contribution >= 4 is 12.0 Å². The van der Waals surface area contributed by atoms with Crippen LogP contribution in [0.2, 0.25) is 0 Å². The zero-order valence-corrected chi connectivity index (χ0v) is 11.2. The summed E-state index contributed by atoms with van der Waals surface area (Å²) in [6.45, 7) is 5.34. The SMILES string of the molecule is CC(C)CCNC(=O)NCC1CCCC1C(=O)O. The van der Waals surface area contributed by atoms with E-state index in [4.69, 9.17) is 5.11 Å². The van der Waals surface area contributed by atoms with Crippen LogP contribution in [0.5, 0.6) is 0 Å². The summed E-state index contributed by atoms with van der Waals surface area (Å²) in [7, 11) is 0. The number of carboxylic acids is 1. The van der Waals surface area contributed by atoms with E-state index in [1.54, 1.807) is 0 Å². The third-order valence-corrected chi connectivity index (χ3v) is 3.51.